The third-order valence-electron chi connectivity index (χ3n) is 6.52. The number of primary amides is 1. The van der Waals surface area contributed by atoms with Crippen molar-refractivity contribution >= 4 is 34.0 Å². The maximum Gasteiger partial charge on any atom is 0.256 e. The second-order valence-corrected chi connectivity index (χ2v) is 8.76. The third-order valence-corrected chi connectivity index (χ3v) is 6.52. The number of rotatable bonds is 5. The number of hydrogen-bond acceptors (Lipinski definition) is 5. The lowest BCUT2D eigenvalue weighted by atomic mass is 9.94. The Hall–Kier alpha value is -3.91. The molecule has 1 aromatic heterocycles. The van der Waals surface area contributed by atoms with Crippen LogP contribution in [0.5, 0.6) is 0 Å². The first-order chi connectivity index (χ1) is 15.8. The first kappa shape index (κ1) is 21.0. The molecule has 2 aliphatic heterocycles. The summed E-state index contributed by atoms with van der Waals surface area (Å²) in [4.78, 5) is 28.3. The molecule has 8 heteroatoms. The van der Waals surface area contributed by atoms with Gasteiger partial charge in [0.15, 0.2) is 0 Å². The Morgan fingerprint density at radius 3 is 2.82 bits per heavy atom. The van der Waals surface area contributed by atoms with Gasteiger partial charge < -0.3 is 21.3 Å². The van der Waals surface area contributed by atoms with Crippen molar-refractivity contribution in [2.24, 2.45) is 5.73 Å². The fourth-order valence-electron chi connectivity index (χ4n) is 4.62. The van der Waals surface area contributed by atoms with Gasteiger partial charge in [0.1, 0.15) is 0 Å². The molecule has 0 aliphatic carbocycles. The SMILES string of the molecule is C=C(CN1Cc2c(-c3ccc4[nH]nc(C5=CCN(C)CC5)c4c3)ccc(N)c2C1=O)C(N)=O. The van der Waals surface area contributed by atoms with Crippen molar-refractivity contribution in [2.45, 2.75) is 13.0 Å². The van der Waals surface area contributed by atoms with Crippen LogP contribution < -0.4 is 11.5 Å². The number of H-pyrrole nitrogens is 1. The van der Waals surface area contributed by atoms with Crippen molar-refractivity contribution < 1.29 is 9.59 Å². The van der Waals surface area contributed by atoms with Gasteiger partial charge in [-0.1, -0.05) is 24.8 Å². The minimum atomic E-state index is -0.617. The molecule has 33 heavy (non-hydrogen) atoms. The van der Waals surface area contributed by atoms with Gasteiger partial charge in [-0.25, -0.2) is 0 Å². The summed E-state index contributed by atoms with van der Waals surface area (Å²) < 4.78 is 0. The van der Waals surface area contributed by atoms with E-state index in [1.807, 2.05) is 18.2 Å². The Bertz CT molecular complexity index is 1350. The van der Waals surface area contributed by atoms with Crippen LogP contribution in [0.15, 0.2) is 48.6 Å². The number of likely N-dealkylation sites (N-methyl/N-ethyl adjacent to an activating group) is 1. The molecule has 0 fully saturated rings. The largest absolute Gasteiger partial charge is 0.398 e. The topological polar surface area (TPSA) is 121 Å². The highest BCUT2D eigenvalue weighted by Crippen LogP contribution is 2.38. The number of nitrogens with two attached hydrogens (primary N) is 2. The predicted octanol–water partition coefficient (Wildman–Crippen LogP) is 2.53. The lowest BCUT2D eigenvalue weighted by Crippen LogP contribution is -2.30. The predicted molar refractivity (Wildman–Crippen MR) is 129 cm³/mol. The summed E-state index contributed by atoms with van der Waals surface area (Å²) in [7, 11) is 2.11. The van der Waals surface area contributed by atoms with Crippen LogP contribution in [-0.2, 0) is 11.3 Å². The molecule has 0 unspecified atom stereocenters. The Kier molecular flexibility index (Phi) is 5.02. The van der Waals surface area contributed by atoms with Gasteiger partial charge in [0.05, 0.1) is 23.3 Å². The van der Waals surface area contributed by atoms with Gasteiger partial charge in [-0.15, -0.1) is 0 Å². The first-order valence-corrected chi connectivity index (χ1v) is 10.9. The standard InChI is InChI=1S/C25H26N6O2/c1-14(24(27)32)12-31-13-19-17(4-5-20(26)22(19)25(31)33)16-3-6-21-18(11-16)23(29-28-21)15-7-9-30(2)10-8-15/h3-7,11H,1,8-10,12-13,26H2,2H3,(H2,27,32)(H,28,29). The Labute approximate surface area is 191 Å². The summed E-state index contributed by atoms with van der Waals surface area (Å²) in [5.74, 6) is -0.832. The lowest BCUT2D eigenvalue weighted by molar-refractivity contribution is -0.114. The molecule has 0 saturated heterocycles. The maximum absolute atomic E-state index is 13.0. The average Bonchev–Trinajstić information content (AvgIpc) is 3.36. The van der Waals surface area contributed by atoms with Crippen molar-refractivity contribution in [1.29, 1.82) is 0 Å². The molecule has 0 atom stereocenters. The smallest absolute Gasteiger partial charge is 0.256 e. The zero-order chi connectivity index (χ0) is 23.3. The number of fused-ring (bicyclic) bond motifs is 2. The highest BCUT2D eigenvalue weighted by Gasteiger charge is 2.32. The number of hydrogen-bond donors (Lipinski definition) is 3. The molecule has 2 aliphatic rings. The van der Waals surface area contributed by atoms with E-state index >= 15 is 0 Å². The monoisotopic (exact) mass is 442 g/mol. The molecule has 0 bridgehead atoms. The number of carbonyl (C=O) groups excluding carboxylic acids is 2. The summed E-state index contributed by atoms with van der Waals surface area (Å²) in [5.41, 5.74) is 18.6. The van der Waals surface area contributed by atoms with E-state index in [9.17, 15) is 9.59 Å². The van der Waals surface area contributed by atoms with Crippen molar-refractivity contribution in [2.75, 3.05) is 32.4 Å². The zero-order valence-electron chi connectivity index (χ0n) is 18.5. The van der Waals surface area contributed by atoms with Crippen LogP contribution in [0.2, 0.25) is 0 Å². The second-order valence-electron chi connectivity index (χ2n) is 8.76. The first-order valence-electron chi connectivity index (χ1n) is 10.9. The summed E-state index contributed by atoms with van der Waals surface area (Å²) >= 11 is 0. The molecular formula is C25H26N6O2. The van der Waals surface area contributed by atoms with E-state index in [1.54, 1.807) is 11.0 Å². The molecule has 3 aromatic rings. The van der Waals surface area contributed by atoms with Crippen molar-refractivity contribution in [3.63, 3.8) is 0 Å². The van der Waals surface area contributed by atoms with Gasteiger partial charge >= 0.3 is 0 Å². The van der Waals surface area contributed by atoms with Gasteiger partial charge in [-0.05, 0) is 53.9 Å². The molecule has 2 aromatic carbocycles. The number of amides is 2. The number of aromatic nitrogens is 2. The molecule has 8 nitrogen and oxygen atoms in total. The van der Waals surface area contributed by atoms with Gasteiger partial charge in [-0.3, -0.25) is 14.7 Å². The van der Waals surface area contributed by atoms with Crippen LogP contribution in [-0.4, -0.2) is 58.5 Å². The number of carbonyl (C=O) groups is 2. The molecule has 5 N–H and O–H groups in total. The van der Waals surface area contributed by atoms with E-state index in [-0.39, 0.29) is 18.0 Å². The van der Waals surface area contributed by atoms with Crippen LogP contribution in [0, 0.1) is 0 Å². The van der Waals surface area contributed by atoms with Crippen LogP contribution in [0.25, 0.3) is 27.6 Å². The Morgan fingerprint density at radius 2 is 2.09 bits per heavy atom. The average molecular weight is 443 g/mol. The number of aromatic amines is 1. The van der Waals surface area contributed by atoms with Crippen LogP contribution >= 0.6 is 0 Å². The minimum absolute atomic E-state index is 0.0786. The van der Waals surface area contributed by atoms with Crippen molar-refractivity contribution in [1.82, 2.24) is 20.0 Å². The highest BCUT2D eigenvalue weighted by molar-refractivity contribution is 6.06. The minimum Gasteiger partial charge on any atom is -0.398 e. The number of nitrogens with zero attached hydrogens (tertiary/aromatic N) is 3. The zero-order valence-corrected chi connectivity index (χ0v) is 18.5. The van der Waals surface area contributed by atoms with E-state index in [0.717, 1.165) is 52.8 Å². The third kappa shape index (κ3) is 3.58. The van der Waals surface area contributed by atoms with Crippen LogP contribution in [0.1, 0.15) is 28.0 Å². The molecule has 0 radical (unpaired) electrons. The van der Waals surface area contributed by atoms with Gasteiger partial charge in [-0.2, -0.15) is 5.10 Å². The fraction of sp³-hybridized carbons (Fsp3) is 0.240. The van der Waals surface area contributed by atoms with Crippen molar-refractivity contribution in [3.8, 4) is 11.1 Å². The van der Waals surface area contributed by atoms with Gasteiger partial charge in [0.25, 0.3) is 5.91 Å². The second kappa shape index (κ2) is 7.90. The van der Waals surface area contributed by atoms with Gasteiger partial charge in [0.2, 0.25) is 5.91 Å². The van der Waals surface area contributed by atoms with E-state index in [4.69, 9.17) is 11.5 Å². The van der Waals surface area contributed by atoms with Gasteiger partial charge in [0, 0.05) is 36.3 Å². The normalized spacial score (nSPS) is 16.2. The molecule has 2 amide bonds. The summed E-state index contributed by atoms with van der Waals surface area (Å²) in [6, 6.07) is 9.87. The number of benzene rings is 2. The molecule has 0 spiro atoms. The number of anilines is 1. The summed E-state index contributed by atoms with van der Waals surface area (Å²) in [6.07, 6.45) is 3.18. The van der Waals surface area contributed by atoms with Crippen LogP contribution in [0.4, 0.5) is 5.69 Å². The van der Waals surface area contributed by atoms with Crippen molar-refractivity contribution in [3.05, 3.63) is 65.4 Å². The van der Waals surface area contributed by atoms with E-state index in [0.29, 0.717) is 17.8 Å². The number of nitrogens with one attached hydrogen (secondary N) is 1. The van der Waals surface area contributed by atoms with Crippen LogP contribution in [0.3, 0.4) is 0 Å². The Morgan fingerprint density at radius 1 is 1.27 bits per heavy atom. The Balaban J connectivity index is 1.56. The molecular weight excluding hydrogens is 416 g/mol. The molecule has 168 valence electrons. The number of nitrogen functional groups attached to an aromatic ring is 1. The van der Waals surface area contributed by atoms with E-state index in [1.165, 1.54) is 5.57 Å². The van der Waals surface area contributed by atoms with E-state index in [2.05, 4.69) is 40.9 Å². The molecule has 0 saturated carbocycles. The fourth-order valence-corrected chi connectivity index (χ4v) is 4.62. The highest BCUT2D eigenvalue weighted by atomic mass is 16.2. The summed E-state index contributed by atoms with van der Waals surface area (Å²) in [5, 5.41) is 8.79. The molecule has 3 heterocycles. The van der Waals surface area contributed by atoms with E-state index < -0.39 is 5.91 Å². The maximum atomic E-state index is 13.0. The summed E-state index contributed by atoms with van der Waals surface area (Å²) in [6.45, 7) is 6.01. The lowest BCUT2D eigenvalue weighted by Gasteiger charge is -2.21. The quantitative estimate of drug-likeness (QED) is 0.414. The molecule has 5 rings (SSSR count).